The van der Waals surface area contributed by atoms with Crippen LogP contribution in [0.25, 0.3) is 5.69 Å². The van der Waals surface area contributed by atoms with E-state index in [1.807, 2.05) is 25.3 Å². The minimum atomic E-state index is -0.247. The smallest absolute Gasteiger partial charge is 0.149 e. The minimum Gasteiger partial charge on any atom is -0.328 e. The number of nitrogens with two attached hydrogens (primary N) is 1. The lowest BCUT2D eigenvalue weighted by atomic mass is 10.1. The van der Waals surface area contributed by atoms with E-state index in [2.05, 4.69) is 5.10 Å². The monoisotopic (exact) mass is 259 g/mol. The molecule has 0 amide bonds. The van der Waals surface area contributed by atoms with Gasteiger partial charge in [-0.15, -0.1) is 0 Å². The number of benzene rings is 1. The molecule has 1 unspecified atom stereocenters. The molecule has 1 heterocycles. The summed E-state index contributed by atoms with van der Waals surface area (Å²) in [6.07, 6.45) is 4.92. The summed E-state index contributed by atoms with van der Waals surface area (Å²) in [7, 11) is 0. The lowest BCUT2D eigenvalue weighted by molar-refractivity contribution is 0.605. The molecule has 1 atom stereocenters. The Morgan fingerprint density at radius 3 is 2.84 bits per heavy atom. The van der Waals surface area contributed by atoms with Crippen molar-refractivity contribution >= 4 is 0 Å². The molecule has 1 aromatic carbocycles. The van der Waals surface area contributed by atoms with Crippen molar-refractivity contribution < 1.29 is 4.39 Å². The summed E-state index contributed by atoms with van der Waals surface area (Å²) >= 11 is 0. The van der Waals surface area contributed by atoms with Gasteiger partial charge in [0.15, 0.2) is 0 Å². The Hall–Kier alpha value is -1.68. The Morgan fingerprint density at radius 2 is 2.21 bits per heavy atom. The predicted octanol–water partition coefficient (Wildman–Crippen LogP) is 2.78. The van der Waals surface area contributed by atoms with Gasteiger partial charge in [0, 0.05) is 18.2 Å². The average molecular weight is 259 g/mol. The second-order valence-corrected chi connectivity index (χ2v) is 5.43. The first-order valence-electron chi connectivity index (χ1n) is 6.73. The van der Waals surface area contributed by atoms with E-state index in [-0.39, 0.29) is 11.9 Å². The zero-order valence-corrected chi connectivity index (χ0v) is 11.0. The molecular weight excluding hydrogens is 241 g/mol. The van der Waals surface area contributed by atoms with E-state index >= 15 is 0 Å². The van der Waals surface area contributed by atoms with E-state index < -0.39 is 0 Å². The summed E-state index contributed by atoms with van der Waals surface area (Å²) in [5.41, 5.74) is 8.22. The predicted molar refractivity (Wildman–Crippen MR) is 72.9 cm³/mol. The molecule has 100 valence electrons. The van der Waals surface area contributed by atoms with Crippen LogP contribution in [0.3, 0.4) is 0 Å². The fraction of sp³-hybridized carbons (Fsp3) is 0.400. The van der Waals surface area contributed by atoms with Crippen molar-refractivity contribution in [3.05, 3.63) is 47.5 Å². The topological polar surface area (TPSA) is 43.8 Å². The second kappa shape index (κ2) is 4.78. The van der Waals surface area contributed by atoms with Crippen molar-refractivity contribution in [1.29, 1.82) is 0 Å². The molecule has 0 saturated heterocycles. The molecule has 2 aromatic rings. The fourth-order valence-electron chi connectivity index (χ4n) is 2.30. The largest absolute Gasteiger partial charge is 0.328 e. The Kier molecular flexibility index (Phi) is 3.11. The van der Waals surface area contributed by atoms with Crippen LogP contribution < -0.4 is 5.73 Å². The van der Waals surface area contributed by atoms with Crippen molar-refractivity contribution in [3.8, 4) is 5.69 Å². The van der Waals surface area contributed by atoms with E-state index in [4.69, 9.17) is 5.73 Å². The Labute approximate surface area is 112 Å². The summed E-state index contributed by atoms with van der Waals surface area (Å²) in [5.74, 6) is 0.338. The highest BCUT2D eigenvalue weighted by atomic mass is 19.1. The molecule has 19 heavy (non-hydrogen) atoms. The normalized spacial score (nSPS) is 16.6. The van der Waals surface area contributed by atoms with Crippen LogP contribution in [0.2, 0.25) is 0 Å². The highest BCUT2D eigenvalue weighted by Crippen LogP contribution is 2.39. The van der Waals surface area contributed by atoms with E-state index in [9.17, 15) is 4.39 Å². The Bertz CT molecular complexity index is 585. The van der Waals surface area contributed by atoms with Crippen LogP contribution in [0.5, 0.6) is 0 Å². The van der Waals surface area contributed by atoms with Crippen molar-refractivity contribution in [2.45, 2.75) is 38.1 Å². The average Bonchev–Trinajstić information content (AvgIpc) is 3.08. The molecule has 1 saturated carbocycles. The lowest BCUT2D eigenvalue weighted by Gasteiger charge is -2.08. The molecule has 3 nitrogen and oxygen atoms in total. The number of rotatable bonds is 4. The Balaban J connectivity index is 1.86. The van der Waals surface area contributed by atoms with Crippen LogP contribution in [0.1, 0.15) is 36.9 Å². The zero-order chi connectivity index (χ0) is 13.4. The quantitative estimate of drug-likeness (QED) is 0.917. The maximum Gasteiger partial charge on any atom is 0.149 e. The highest BCUT2D eigenvalue weighted by molar-refractivity contribution is 5.36. The molecule has 1 aliphatic rings. The number of aromatic nitrogens is 2. The van der Waals surface area contributed by atoms with Gasteiger partial charge < -0.3 is 5.73 Å². The second-order valence-electron chi connectivity index (χ2n) is 5.43. The third-order valence-corrected chi connectivity index (χ3v) is 3.42. The van der Waals surface area contributed by atoms with Gasteiger partial charge in [0.05, 0.1) is 5.69 Å². The van der Waals surface area contributed by atoms with Gasteiger partial charge in [-0.3, -0.25) is 0 Å². The number of halogens is 1. The lowest BCUT2D eigenvalue weighted by Crippen LogP contribution is -2.17. The number of nitrogens with zero attached hydrogens (tertiary/aromatic N) is 2. The zero-order valence-electron chi connectivity index (χ0n) is 11.0. The first-order valence-corrected chi connectivity index (χ1v) is 6.73. The maximum absolute atomic E-state index is 14.1. The minimum absolute atomic E-state index is 0.0384. The van der Waals surface area contributed by atoms with Crippen molar-refractivity contribution in [2.75, 3.05) is 0 Å². The number of hydrogen-bond donors (Lipinski definition) is 1. The molecule has 1 aliphatic carbocycles. The van der Waals surface area contributed by atoms with Crippen LogP contribution in [-0.2, 0) is 6.42 Å². The van der Waals surface area contributed by atoms with Crippen LogP contribution in [-0.4, -0.2) is 15.8 Å². The molecule has 0 spiro atoms. The summed E-state index contributed by atoms with van der Waals surface area (Å²) in [6.45, 7) is 1.92. The van der Waals surface area contributed by atoms with Gasteiger partial charge >= 0.3 is 0 Å². The highest BCUT2D eigenvalue weighted by Gasteiger charge is 2.26. The molecular formula is C15H18FN3. The fourth-order valence-corrected chi connectivity index (χ4v) is 2.30. The van der Waals surface area contributed by atoms with E-state index in [1.54, 1.807) is 16.8 Å². The van der Waals surface area contributed by atoms with Crippen LogP contribution in [0.4, 0.5) is 4.39 Å². The molecule has 0 bridgehead atoms. The SMILES string of the molecule is CC(N)Cc1ccc(-n2ccc(C3CC3)n2)c(F)c1. The third-order valence-electron chi connectivity index (χ3n) is 3.42. The van der Waals surface area contributed by atoms with Crippen LogP contribution in [0.15, 0.2) is 30.5 Å². The first-order chi connectivity index (χ1) is 9.13. The number of hydrogen-bond acceptors (Lipinski definition) is 2. The van der Waals surface area contributed by atoms with Gasteiger partial charge in [-0.05, 0) is 49.9 Å². The van der Waals surface area contributed by atoms with E-state index in [0.717, 1.165) is 11.3 Å². The van der Waals surface area contributed by atoms with Crippen molar-refractivity contribution in [1.82, 2.24) is 9.78 Å². The Morgan fingerprint density at radius 1 is 1.42 bits per heavy atom. The molecule has 0 aliphatic heterocycles. The van der Waals surface area contributed by atoms with Gasteiger partial charge in [0.25, 0.3) is 0 Å². The van der Waals surface area contributed by atoms with Gasteiger partial charge in [0.1, 0.15) is 11.5 Å². The molecule has 2 N–H and O–H groups in total. The van der Waals surface area contributed by atoms with Gasteiger partial charge in [-0.1, -0.05) is 6.07 Å². The molecule has 0 radical (unpaired) electrons. The summed E-state index contributed by atoms with van der Waals surface area (Å²) in [4.78, 5) is 0. The van der Waals surface area contributed by atoms with Crippen LogP contribution >= 0.6 is 0 Å². The van der Waals surface area contributed by atoms with E-state index in [1.165, 1.54) is 12.8 Å². The van der Waals surface area contributed by atoms with Gasteiger partial charge in [0.2, 0.25) is 0 Å². The van der Waals surface area contributed by atoms with Crippen molar-refractivity contribution in [2.24, 2.45) is 5.73 Å². The molecule has 3 rings (SSSR count). The first kappa shape index (κ1) is 12.4. The standard InChI is InChI=1S/C15H18FN3/c1-10(17)8-11-2-5-15(13(16)9-11)19-7-6-14(18-19)12-3-4-12/h2,5-7,9-10,12H,3-4,8,17H2,1H3. The summed E-state index contributed by atoms with van der Waals surface area (Å²) < 4.78 is 15.7. The third kappa shape index (κ3) is 2.68. The molecule has 1 aromatic heterocycles. The summed E-state index contributed by atoms with van der Waals surface area (Å²) in [6, 6.07) is 7.26. The maximum atomic E-state index is 14.1. The molecule has 4 heteroatoms. The van der Waals surface area contributed by atoms with Crippen molar-refractivity contribution in [3.63, 3.8) is 0 Å². The van der Waals surface area contributed by atoms with E-state index in [0.29, 0.717) is 18.0 Å². The van der Waals surface area contributed by atoms with Gasteiger partial charge in [-0.2, -0.15) is 5.10 Å². The van der Waals surface area contributed by atoms with Crippen LogP contribution in [0, 0.1) is 5.82 Å². The summed E-state index contributed by atoms with van der Waals surface area (Å²) in [5, 5.41) is 4.45. The molecule has 1 fully saturated rings. The van der Waals surface area contributed by atoms with Gasteiger partial charge in [-0.25, -0.2) is 9.07 Å².